The molecule has 110 valence electrons. The Balaban J connectivity index is -0.000000123. The van der Waals surface area contributed by atoms with E-state index in [1.807, 2.05) is 24.3 Å². The average molecular weight is 397 g/mol. The third kappa shape index (κ3) is 23.1. The Morgan fingerprint density at radius 1 is 1.10 bits per heavy atom. The van der Waals surface area contributed by atoms with Gasteiger partial charge in [0.1, 0.15) is 0 Å². The Kier molecular flexibility index (Phi) is 36.1. The third-order valence-electron chi connectivity index (χ3n) is 2.35. The number of hydrogen-bond acceptors (Lipinski definition) is 0. The number of halogens is 1. The van der Waals surface area contributed by atoms with Crippen LogP contribution in [-0.4, -0.2) is 0 Å². The van der Waals surface area contributed by atoms with Crippen LogP contribution in [-0.2, 0) is 19.5 Å². The molecule has 0 aliphatic rings. The van der Waals surface area contributed by atoms with Crippen LogP contribution in [0.25, 0.3) is 0 Å². The summed E-state index contributed by atoms with van der Waals surface area (Å²) in [5, 5.41) is 0. The van der Waals surface area contributed by atoms with Crippen molar-refractivity contribution in [3.8, 4) is 0 Å². The summed E-state index contributed by atoms with van der Waals surface area (Å²) in [6.07, 6.45) is 6.55. The number of unbranched alkanes of at least 4 members (excludes halogenated alkanes) is 2. The molecule has 1 atom stereocenters. The van der Waals surface area contributed by atoms with Gasteiger partial charge in [0, 0.05) is 0 Å². The molecule has 0 aliphatic carbocycles. The van der Waals surface area contributed by atoms with E-state index in [0.717, 1.165) is 12.8 Å². The maximum Gasteiger partial charge on any atom is 2.00 e. The molecular weight excluding hydrogens is 368 g/mol. The van der Waals surface area contributed by atoms with Crippen LogP contribution in [0.2, 0.25) is 0 Å². The summed E-state index contributed by atoms with van der Waals surface area (Å²) in [6.45, 7) is 13.6. The topological polar surface area (TPSA) is 0 Å². The molecule has 1 rings (SSSR count). The SMILES string of the molecule is CC(C=[C-]Br)c1ccccc1.[CH2-]CCC.[CH2-]CCC.[Li+].[Zn+2]. The summed E-state index contributed by atoms with van der Waals surface area (Å²) in [7, 11) is 0. The van der Waals surface area contributed by atoms with Gasteiger partial charge in [0.15, 0.2) is 0 Å². The fourth-order valence-corrected chi connectivity index (χ4v) is 1.34. The van der Waals surface area contributed by atoms with Crippen LogP contribution < -0.4 is 18.9 Å². The van der Waals surface area contributed by atoms with Crippen molar-refractivity contribution in [1.29, 1.82) is 0 Å². The van der Waals surface area contributed by atoms with Crippen molar-refractivity contribution >= 4 is 15.9 Å². The number of hydrogen-bond donors (Lipinski definition) is 0. The minimum absolute atomic E-state index is 0. The Morgan fingerprint density at radius 3 is 1.76 bits per heavy atom. The predicted molar refractivity (Wildman–Crippen MR) is 92.1 cm³/mol. The molecule has 1 aromatic rings. The molecule has 0 amide bonds. The normalized spacial score (nSPS) is 10.0. The molecule has 0 aliphatic heterocycles. The molecule has 0 N–H and O–H groups in total. The maximum atomic E-state index is 3.60. The fraction of sp³-hybridized carbons (Fsp3) is 0.444. The van der Waals surface area contributed by atoms with E-state index in [0.29, 0.717) is 5.92 Å². The van der Waals surface area contributed by atoms with E-state index < -0.39 is 0 Å². The predicted octanol–water partition coefficient (Wildman–Crippen LogP) is 3.74. The van der Waals surface area contributed by atoms with Crippen LogP contribution in [0.15, 0.2) is 36.4 Å². The molecule has 0 spiro atoms. The monoisotopic (exact) mass is 394 g/mol. The van der Waals surface area contributed by atoms with E-state index in [2.05, 4.69) is 67.7 Å². The second kappa shape index (κ2) is 25.6. The molecule has 0 heterocycles. The van der Waals surface area contributed by atoms with Gasteiger partial charge in [0.25, 0.3) is 0 Å². The van der Waals surface area contributed by atoms with Crippen LogP contribution in [0.5, 0.6) is 0 Å². The van der Waals surface area contributed by atoms with Crippen LogP contribution >= 0.6 is 15.9 Å². The minimum atomic E-state index is 0. The van der Waals surface area contributed by atoms with Crippen molar-refractivity contribution in [2.24, 2.45) is 0 Å². The van der Waals surface area contributed by atoms with Gasteiger partial charge in [0.05, 0.1) is 0 Å². The summed E-state index contributed by atoms with van der Waals surface area (Å²) in [6, 6.07) is 10.4. The first-order chi connectivity index (χ1) is 9.17. The first kappa shape index (κ1) is 29.6. The summed E-state index contributed by atoms with van der Waals surface area (Å²) in [5.74, 6) is 0.440. The molecule has 3 heteroatoms. The van der Waals surface area contributed by atoms with Crippen LogP contribution in [0.3, 0.4) is 0 Å². The molecule has 1 aromatic carbocycles. The van der Waals surface area contributed by atoms with Gasteiger partial charge in [-0.2, -0.15) is 12.8 Å². The Hall–Kier alpha value is 0.661. The zero-order chi connectivity index (χ0) is 14.9. The minimum Gasteiger partial charge on any atom is -0.426 e. The van der Waals surface area contributed by atoms with E-state index in [1.54, 1.807) is 0 Å². The zero-order valence-corrected chi connectivity index (χ0v) is 18.9. The van der Waals surface area contributed by atoms with Gasteiger partial charge >= 0.3 is 38.3 Å². The molecule has 0 nitrogen and oxygen atoms in total. The average Bonchev–Trinajstić information content (AvgIpc) is 2.49. The van der Waals surface area contributed by atoms with Gasteiger partial charge in [-0.05, 0) is 11.5 Å². The van der Waals surface area contributed by atoms with Gasteiger partial charge in [-0.3, -0.25) is 6.08 Å². The number of benzene rings is 1. The Morgan fingerprint density at radius 2 is 1.48 bits per heavy atom. The van der Waals surface area contributed by atoms with Gasteiger partial charge in [0.2, 0.25) is 0 Å². The zero-order valence-electron chi connectivity index (χ0n) is 14.4. The molecule has 0 fully saturated rings. The molecule has 0 radical (unpaired) electrons. The van der Waals surface area contributed by atoms with Gasteiger partial charge in [-0.15, -0.1) is 0 Å². The van der Waals surface area contributed by atoms with Crippen LogP contribution in [0, 0.1) is 18.8 Å². The smallest absolute Gasteiger partial charge is 0.426 e. The quantitative estimate of drug-likeness (QED) is 0.537. The molecule has 0 aromatic heterocycles. The van der Waals surface area contributed by atoms with E-state index in [9.17, 15) is 0 Å². The summed E-state index contributed by atoms with van der Waals surface area (Å²) in [5.41, 5.74) is 1.32. The van der Waals surface area contributed by atoms with Crippen molar-refractivity contribution in [2.45, 2.75) is 52.4 Å². The van der Waals surface area contributed by atoms with Crippen molar-refractivity contribution in [3.63, 3.8) is 0 Å². The van der Waals surface area contributed by atoms with Gasteiger partial charge in [-0.1, -0.05) is 63.9 Å². The Labute approximate surface area is 166 Å². The second-order valence-corrected chi connectivity index (χ2v) is 4.64. The summed E-state index contributed by atoms with van der Waals surface area (Å²) < 4.78 is 0. The van der Waals surface area contributed by atoms with Gasteiger partial charge in [-0.25, -0.2) is 0 Å². The van der Waals surface area contributed by atoms with E-state index in [1.165, 1.54) is 18.4 Å². The van der Waals surface area contributed by atoms with Gasteiger partial charge < -0.3 is 34.8 Å². The van der Waals surface area contributed by atoms with E-state index in [-0.39, 0.29) is 38.3 Å². The summed E-state index contributed by atoms with van der Waals surface area (Å²) in [4.78, 5) is 2.85. The summed E-state index contributed by atoms with van der Waals surface area (Å²) >= 11 is 3.14. The van der Waals surface area contributed by atoms with Crippen LogP contribution in [0.1, 0.15) is 57.9 Å². The molecule has 0 saturated carbocycles. The van der Waals surface area contributed by atoms with Crippen molar-refractivity contribution in [1.82, 2.24) is 0 Å². The largest absolute Gasteiger partial charge is 2.00 e. The van der Waals surface area contributed by atoms with Crippen molar-refractivity contribution in [3.05, 3.63) is 60.8 Å². The first-order valence-electron chi connectivity index (χ1n) is 7.00. The van der Waals surface area contributed by atoms with Crippen molar-refractivity contribution in [2.75, 3.05) is 0 Å². The van der Waals surface area contributed by atoms with Crippen LogP contribution in [0.4, 0.5) is 0 Å². The number of allylic oxidation sites excluding steroid dienone is 1. The second-order valence-electron chi connectivity index (χ2n) is 4.18. The van der Waals surface area contributed by atoms with Crippen molar-refractivity contribution < 1.29 is 38.3 Å². The number of rotatable bonds is 4. The fourth-order valence-electron chi connectivity index (χ4n) is 0.947. The third-order valence-corrected chi connectivity index (χ3v) is 2.61. The molecule has 0 saturated heterocycles. The van der Waals surface area contributed by atoms with E-state index >= 15 is 0 Å². The first-order valence-corrected chi connectivity index (χ1v) is 7.79. The maximum absolute atomic E-state index is 3.60. The van der Waals surface area contributed by atoms with E-state index in [4.69, 9.17) is 0 Å². The standard InChI is InChI=1S/C10H10Br.2C4H9.Li.Zn/c1-9(7-8-11)10-5-3-2-4-6-10;2*1-3-4-2;;/h2-7,9H,1H3;2*1,3-4H2,2H3;;/q3*-1;+1;+2. The molecular formula is C18H28BrLiZn. The molecule has 1 unspecified atom stereocenters. The molecule has 0 bridgehead atoms. The molecule has 21 heavy (non-hydrogen) atoms. The Bertz CT molecular complexity index is 281.